The molecule has 0 radical (unpaired) electrons. The first-order valence-corrected chi connectivity index (χ1v) is 7.38. The highest BCUT2D eigenvalue weighted by Gasteiger charge is 2.15. The predicted octanol–water partition coefficient (Wildman–Crippen LogP) is 2.86. The molecule has 0 aliphatic heterocycles. The quantitative estimate of drug-likeness (QED) is 0.559. The van der Waals surface area contributed by atoms with Crippen molar-refractivity contribution in [2.75, 3.05) is 32.2 Å². The average molecular weight is 286 g/mol. The zero-order chi connectivity index (χ0) is 14.1. The second kappa shape index (κ2) is 8.87. The van der Waals surface area contributed by atoms with E-state index in [0.717, 1.165) is 42.4 Å². The molecule has 108 valence electrons. The largest absolute Gasteiger partial charge is 0.461 e. The van der Waals surface area contributed by atoms with Crippen LogP contribution < -0.4 is 5.32 Å². The van der Waals surface area contributed by atoms with E-state index in [4.69, 9.17) is 9.47 Å². The lowest BCUT2D eigenvalue weighted by molar-refractivity contribution is 0.0519. The maximum atomic E-state index is 11.6. The van der Waals surface area contributed by atoms with Gasteiger partial charge in [-0.05, 0) is 33.1 Å². The van der Waals surface area contributed by atoms with Crippen LogP contribution in [0.3, 0.4) is 0 Å². The second-order valence-electron chi connectivity index (χ2n) is 4.12. The van der Waals surface area contributed by atoms with E-state index >= 15 is 0 Å². The number of carbonyl (C=O) groups excluding carboxylic acids is 1. The number of aryl methyl sites for hydroxylation is 1. The molecule has 0 fully saturated rings. The number of nitrogens with one attached hydrogen (secondary N) is 1. The zero-order valence-corrected chi connectivity index (χ0v) is 12.6. The van der Waals surface area contributed by atoms with Crippen molar-refractivity contribution < 1.29 is 14.3 Å². The van der Waals surface area contributed by atoms with Gasteiger partial charge in [-0.15, -0.1) is 11.3 Å². The summed E-state index contributed by atoms with van der Waals surface area (Å²) in [4.78, 5) is 16.8. The van der Waals surface area contributed by atoms with E-state index in [0.29, 0.717) is 12.3 Å². The van der Waals surface area contributed by atoms with Crippen LogP contribution in [0.1, 0.15) is 41.6 Å². The first-order valence-electron chi connectivity index (χ1n) is 6.56. The third-order valence-corrected chi connectivity index (χ3v) is 3.50. The number of ether oxygens (including phenoxy) is 2. The molecule has 0 saturated heterocycles. The molecule has 0 atom stereocenters. The minimum Gasteiger partial charge on any atom is -0.461 e. The number of nitrogens with zero attached hydrogens (tertiary/aromatic N) is 1. The van der Waals surface area contributed by atoms with Crippen LogP contribution in [0, 0.1) is 6.92 Å². The molecule has 0 aliphatic carbocycles. The Balaban J connectivity index is 2.35. The Kier molecular flexibility index (Phi) is 7.43. The first kappa shape index (κ1) is 15.9. The Labute approximate surface area is 118 Å². The van der Waals surface area contributed by atoms with Gasteiger partial charge in [-0.2, -0.15) is 0 Å². The van der Waals surface area contributed by atoms with Crippen molar-refractivity contribution in [1.82, 2.24) is 4.98 Å². The van der Waals surface area contributed by atoms with Crippen molar-refractivity contribution in [2.24, 2.45) is 0 Å². The van der Waals surface area contributed by atoms with Crippen LogP contribution in [0.4, 0.5) is 5.13 Å². The van der Waals surface area contributed by atoms with Crippen molar-refractivity contribution in [1.29, 1.82) is 0 Å². The Morgan fingerprint density at radius 3 is 2.84 bits per heavy atom. The lowest BCUT2D eigenvalue weighted by Gasteiger charge is -2.02. The molecule has 1 heterocycles. The van der Waals surface area contributed by atoms with Gasteiger partial charge in [0.25, 0.3) is 0 Å². The number of hydrogen-bond acceptors (Lipinski definition) is 6. The van der Waals surface area contributed by atoms with Crippen LogP contribution >= 0.6 is 11.3 Å². The number of rotatable bonds is 9. The van der Waals surface area contributed by atoms with Crippen LogP contribution in [-0.2, 0) is 9.47 Å². The van der Waals surface area contributed by atoms with Crippen LogP contribution in [-0.4, -0.2) is 37.8 Å². The summed E-state index contributed by atoms with van der Waals surface area (Å²) in [5.74, 6) is -0.343. The van der Waals surface area contributed by atoms with Crippen molar-refractivity contribution in [3.63, 3.8) is 0 Å². The van der Waals surface area contributed by atoms with Gasteiger partial charge in [0, 0.05) is 25.1 Å². The van der Waals surface area contributed by atoms with E-state index < -0.39 is 0 Å². The van der Waals surface area contributed by atoms with Crippen molar-refractivity contribution in [3.8, 4) is 0 Å². The van der Waals surface area contributed by atoms with Crippen LogP contribution in [0.2, 0.25) is 0 Å². The highest BCUT2D eigenvalue weighted by atomic mass is 32.1. The van der Waals surface area contributed by atoms with E-state index in [2.05, 4.69) is 10.3 Å². The number of methoxy groups -OCH3 is 1. The molecule has 0 bridgehead atoms. The standard InChI is InChI=1S/C13H22N2O3S/c1-4-18-12(16)11-10(2)19-13(15-11)14-8-6-5-7-9-17-3/h4-9H2,1-3H3,(H,14,15). The van der Waals surface area contributed by atoms with Gasteiger partial charge in [0.2, 0.25) is 0 Å². The fraction of sp³-hybridized carbons (Fsp3) is 0.692. The molecule has 0 unspecified atom stereocenters. The second-order valence-corrected chi connectivity index (χ2v) is 5.33. The normalized spacial score (nSPS) is 10.5. The summed E-state index contributed by atoms with van der Waals surface area (Å²) in [6.07, 6.45) is 3.26. The molecule has 6 heteroatoms. The smallest absolute Gasteiger partial charge is 0.358 e. The van der Waals surface area contributed by atoms with Crippen molar-refractivity contribution in [2.45, 2.75) is 33.1 Å². The number of carbonyl (C=O) groups is 1. The fourth-order valence-corrected chi connectivity index (χ4v) is 2.43. The van der Waals surface area contributed by atoms with Gasteiger partial charge in [-0.25, -0.2) is 9.78 Å². The predicted molar refractivity (Wildman–Crippen MR) is 77.0 cm³/mol. The summed E-state index contributed by atoms with van der Waals surface area (Å²) < 4.78 is 9.95. The average Bonchev–Trinajstić information content (AvgIpc) is 2.75. The minimum absolute atomic E-state index is 0.343. The summed E-state index contributed by atoms with van der Waals surface area (Å²) in [6.45, 7) is 5.72. The Bertz CT molecular complexity index is 393. The van der Waals surface area contributed by atoms with Gasteiger partial charge in [0.1, 0.15) is 0 Å². The van der Waals surface area contributed by atoms with E-state index in [1.54, 1.807) is 14.0 Å². The van der Waals surface area contributed by atoms with E-state index in [-0.39, 0.29) is 5.97 Å². The molecule has 1 N–H and O–H groups in total. The van der Waals surface area contributed by atoms with E-state index in [1.165, 1.54) is 11.3 Å². The summed E-state index contributed by atoms with van der Waals surface area (Å²) in [5, 5.41) is 4.02. The molecule has 5 nitrogen and oxygen atoms in total. The highest BCUT2D eigenvalue weighted by Crippen LogP contribution is 2.22. The molecule has 1 aromatic rings. The van der Waals surface area contributed by atoms with Gasteiger partial charge < -0.3 is 14.8 Å². The molecular weight excluding hydrogens is 264 g/mol. The molecule has 1 rings (SSSR count). The molecule has 0 saturated carbocycles. The highest BCUT2D eigenvalue weighted by molar-refractivity contribution is 7.15. The number of thiazole rings is 1. The van der Waals surface area contributed by atoms with Crippen molar-refractivity contribution >= 4 is 22.4 Å². The lowest BCUT2D eigenvalue weighted by atomic mass is 10.2. The van der Waals surface area contributed by atoms with Crippen LogP contribution in [0.15, 0.2) is 0 Å². The monoisotopic (exact) mass is 286 g/mol. The summed E-state index contributed by atoms with van der Waals surface area (Å²) in [7, 11) is 1.72. The summed E-state index contributed by atoms with van der Waals surface area (Å²) in [5.41, 5.74) is 0.425. The maximum absolute atomic E-state index is 11.6. The number of anilines is 1. The SMILES string of the molecule is CCOC(=O)c1nc(NCCCCCOC)sc1C. The Morgan fingerprint density at radius 2 is 2.16 bits per heavy atom. The van der Waals surface area contributed by atoms with Gasteiger partial charge in [0.05, 0.1) is 6.61 Å². The number of aromatic nitrogens is 1. The molecule has 0 aromatic carbocycles. The topological polar surface area (TPSA) is 60.5 Å². The Hall–Kier alpha value is -1.14. The Morgan fingerprint density at radius 1 is 1.37 bits per heavy atom. The van der Waals surface area contributed by atoms with Crippen LogP contribution in [0.5, 0.6) is 0 Å². The molecule has 1 aromatic heterocycles. The molecule has 0 aliphatic rings. The summed E-state index contributed by atoms with van der Waals surface area (Å²) >= 11 is 1.49. The minimum atomic E-state index is -0.343. The van der Waals surface area contributed by atoms with Gasteiger partial charge in [0.15, 0.2) is 10.8 Å². The third-order valence-electron chi connectivity index (χ3n) is 2.57. The van der Waals surface area contributed by atoms with Gasteiger partial charge >= 0.3 is 5.97 Å². The van der Waals surface area contributed by atoms with E-state index in [1.807, 2.05) is 6.92 Å². The van der Waals surface area contributed by atoms with Gasteiger partial charge in [-0.1, -0.05) is 0 Å². The van der Waals surface area contributed by atoms with Crippen molar-refractivity contribution in [3.05, 3.63) is 10.6 Å². The molecule has 0 spiro atoms. The van der Waals surface area contributed by atoms with Gasteiger partial charge in [-0.3, -0.25) is 0 Å². The number of hydrogen-bond donors (Lipinski definition) is 1. The zero-order valence-electron chi connectivity index (χ0n) is 11.8. The first-order chi connectivity index (χ1) is 9.19. The number of esters is 1. The third kappa shape index (κ3) is 5.57. The fourth-order valence-electron chi connectivity index (χ4n) is 1.60. The molecule has 19 heavy (non-hydrogen) atoms. The van der Waals surface area contributed by atoms with Crippen LogP contribution in [0.25, 0.3) is 0 Å². The van der Waals surface area contributed by atoms with E-state index in [9.17, 15) is 4.79 Å². The summed E-state index contributed by atoms with van der Waals surface area (Å²) in [6, 6.07) is 0. The number of unbranched alkanes of at least 4 members (excludes halogenated alkanes) is 2. The molecular formula is C13H22N2O3S. The molecule has 0 amide bonds. The maximum Gasteiger partial charge on any atom is 0.358 e. The lowest BCUT2D eigenvalue weighted by Crippen LogP contribution is -2.07.